The lowest BCUT2D eigenvalue weighted by atomic mass is 10.0. The van der Waals surface area contributed by atoms with Crippen LogP contribution in [-0.2, 0) is 14.8 Å². The molecule has 0 spiro atoms. The second-order valence-corrected chi connectivity index (χ2v) is 9.88. The number of aryl methyl sites for hydroxylation is 1. The van der Waals surface area contributed by atoms with Gasteiger partial charge in [-0.05, 0) is 62.2 Å². The third-order valence-corrected chi connectivity index (χ3v) is 6.60. The Kier molecular flexibility index (Phi) is 7.76. The van der Waals surface area contributed by atoms with Crippen LogP contribution < -0.4 is 14.4 Å². The zero-order chi connectivity index (χ0) is 24.0. The number of hydrogen-bond acceptors (Lipinski definition) is 4. The molecule has 6 nitrogen and oxygen atoms in total. The highest BCUT2D eigenvalue weighted by Gasteiger charge is 2.30. The van der Waals surface area contributed by atoms with E-state index in [1.54, 1.807) is 31.2 Å². The fourth-order valence-electron chi connectivity index (χ4n) is 3.61. The monoisotopic (exact) mass is 466 g/mol. The van der Waals surface area contributed by atoms with Crippen LogP contribution in [0.2, 0.25) is 0 Å². The van der Waals surface area contributed by atoms with Gasteiger partial charge in [-0.15, -0.1) is 0 Å². The van der Waals surface area contributed by atoms with Crippen LogP contribution in [0.1, 0.15) is 37.4 Å². The molecule has 0 aliphatic carbocycles. The average molecular weight is 467 g/mol. The number of carbonyl (C=O) groups excluding carboxylic acids is 1. The van der Waals surface area contributed by atoms with Gasteiger partial charge >= 0.3 is 0 Å². The molecule has 0 aromatic heterocycles. The van der Waals surface area contributed by atoms with E-state index < -0.39 is 16.1 Å². The summed E-state index contributed by atoms with van der Waals surface area (Å²) < 4.78 is 32.2. The molecule has 7 heteroatoms. The Morgan fingerprint density at radius 3 is 2.06 bits per heavy atom. The lowest BCUT2D eigenvalue weighted by Gasteiger charge is -2.30. The Bertz CT molecular complexity index is 1160. The molecule has 0 saturated carbocycles. The molecule has 1 amide bonds. The van der Waals surface area contributed by atoms with Gasteiger partial charge in [-0.25, -0.2) is 8.42 Å². The topological polar surface area (TPSA) is 75.7 Å². The number of nitrogens with one attached hydrogen (secondary N) is 1. The number of ether oxygens (including phenoxy) is 1. The summed E-state index contributed by atoms with van der Waals surface area (Å²) in [5.74, 6) is 0.887. The molecule has 174 valence electrons. The van der Waals surface area contributed by atoms with Gasteiger partial charge < -0.3 is 10.1 Å². The molecular weight excluding hydrogens is 436 g/mol. The zero-order valence-electron chi connectivity index (χ0n) is 19.4. The summed E-state index contributed by atoms with van der Waals surface area (Å²) in [5, 5.41) is 3.00. The van der Waals surface area contributed by atoms with E-state index in [1.807, 2.05) is 68.4 Å². The predicted molar refractivity (Wildman–Crippen MR) is 132 cm³/mol. The minimum atomic E-state index is -3.72. The molecule has 0 fully saturated rings. The molecule has 3 aromatic carbocycles. The largest absolute Gasteiger partial charge is 0.457 e. The van der Waals surface area contributed by atoms with E-state index in [9.17, 15) is 13.2 Å². The van der Waals surface area contributed by atoms with Gasteiger partial charge in [-0.2, -0.15) is 0 Å². The normalized spacial score (nSPS) is 13.1. The van der Waals surface area contributed by atoms with Crippen LogP contribution in [0.25, 0.3) is 0 Å². The SMILES string of the molecule is CC[C@@H](NC(=O)[C@H](C)N(c1ccc(Oc2ccccc2)cc1)S(C)(=O)=O)c1ccc(C)cc1. The third kappa shape index (κ3) is 6.35. The molecule has 2 atom stereocenters. The first-order valence-corrected chi connectivity index (χ1v) is 12.7. The molecule has 0 heterocycles. The van der Waals surface area contributed by atoms with E-state index in [1.165, 1.54) is 0 Å². The van der Waals surface area contributed by atoms with Gasteiger partial charge in [-0.3, -0.25) is 9.10 Å². The van der Waals surface area contributed by atoms with Gasteiger partial charge in [0.15, 0.2) is 0 Å². The van der Waals surface area contributed by atoms with E-state index >= 15 is 0 Å². The van der Waals surface area contributed by atoms with Crippen LogP contribution in [-0.4, -0.2) is 26.6 Å². The lowest BCUT2D eigenvalue weighted by Crippen LogP contribution is -2.48. The van der Waals surface area contributed by atoms with Crippen molar-refractivity contribution in [2.24, 2.45) is 0 Å². The van der Waals surface area contributed by atoms with Crippen molar-refractivity contribution >= 4 is 21.6 Å². The number of anilines is 1. The van der Waals surface area contributed by atoms with Crippen molar-refractivity contribution in [1.29, 1.82) is 0 Å². The maximum atomic E-state index is 13.1. The van der Waals surface area contributed by atoms with Gasteiger partial charge in [0.25, 0.3) is 0 Å². The minimum absolute atomic E-state index is 0.205. The molecular formula is C26H30N2O4S. The fourth-order valence-corrected chi connectivity index (χ4v) is 4.78. The first-order chi connectivity index (χ1) is 15.7. The Labute approximate surface area is 196 Å². The smallest absolute Gasteiger partial charge is 0.244 e. The van der Waals surface area contributed by atoms with Crippen molar-refractivity contribution in [2.75, 3.05) is 10.6 Å². The standard InChI is InChI=1S/C26H30N2O4S/c1-5-25(21-13-11-19(2)12-14-21)27-26(29)20(3)28(33(4,30)31)22-15-17-24(18-16-22)32-23-9-7-6-8-10-23/h6-18,20,25H,5H2,1-4H3,(H,27,29)/t20-,25+/m0/s1. The van der Waals surface area contributed by atoms with Gasteiger partial charge in [0.05, 0.1) is 18.0 Å². The molecule has 0 saturated heterocycles. The predicted octanol–water partition coefficient (Wildman–Crippen LogP) is 5.21. The van der Waals surface area contributed by atoms with E-state index in [2.05, 4.69) is 5.32 Å². The summed E-state index contributed by atoms with van der Waals surface area (Å²) in [4.78, 5) is 13.1. The first kappa shape index (κ1) is 24.3. The van der Waals surface area contributed by atoms with Crippen LogP contribution in [0.15, 0.2) is 78.9 Å². The summed E-state index contributed by atoms with van der Waals surface area (Å²) in [7, 11) is -3.72. The molecule has 33 heavy (non-hydrogen) atoms. The van der Waals surface area contributed by atoms with Crippen molar-refractivity contribution in [3.05, 3.63) is 90.0 Å². The van der Waals surface area contributed by atoms with Gasteiger partial charge in [0.1, 0.15) is 17.5 Å². The number of carbonyl (C=O) groups is 1. The number of hydrogen-bond donors (Lipinski definition) is 1. The van der Waals surface area contributed by atoms with E-state index in [4.69, 9.17) is 4.74 Å². The van der Waals surface area contributed by atoms with Crippen molar-refractivity contribution in [2.45, 2.75) is 39.3 Å². The summed E-state index contributed by atoms with van der Waals surface area (Å²) in [6, 6.07) is 22.8. The van der Waals surface area contributed by atoms with Crippen LogP contribution in [0.5, 0.6) is 11.5 Å². The van der Waals surface area contributed by atoms with Crippen LogP contribution >= 0.6 is 0 Å². The van der Waals surface area contributed by atoms with Crippen molar-refractivity contribution in [3.63, 3.8) is 0 Å². The maximum Gasteiger partial charge on any atom is 0.244 e. The van der Waals surface area contributed by atoms with Gasteiger partial charge in [0, 0.05) is 0 Å². The summed E-state index contributed by atoms with van der Waals surface area (Å²) >= 11 is 0. The lowest BCUT2D eigenvalue weighted by molar-refractivity contribution is -0.122. The zero-order valence-corrected chi connectivity index (χ0v) is 20.2. The first-order valence-electron chi connectivity index (χ1n) is 10.9. The highest BCUT2D eigenvalue weighted by atomic mass is 32.2. The van der Waals surface area contributed by atoms with E-state index in [0.717, 1.165) is 21.7 Å². The number of amides is 1. The minimum Gasteiger partial charge on any atom is -0.457 e. The second kappa shape index (κ2) is 10.5. The Morgan fingerprint density at radius 1 is 0.939 bits per heavy atom. The summed E-state index contributed by atoms with van der Waals surface area (Å²) in [6.45, 7) is 5.58. The van der Waals surface area contributed by atoms with Gasteiger partial charge in [-0.1, -0.05) is 55.0 Å². The molecule has 0 aliphatic rings. The molecule has 0 unspecified atom stereocenters. The Morgan fingerprint density at radius 2 is 1.52 bits per heavy atom. The third-order valence-electron chi connectivity index (χ3n) is 5.36. The van der Waals surface area contributed by atoms with Gasteiger partial charge in [0.2, 0.25) is 15.9 Å². The number of para-hydroxylation sites is 1. The molecule has 1 N–H and O–H groups in total. The highest BCUT2D eigenvalue weighted by Crippen LogP contribution is 2.27. The molecule has 3 rings (SSSR count). The van der Waals surface area contributed by atoms with E-state index in [0.29, 0.717) is 23.6 Å². The fraction of sp³-hybridized carbons (Fsp3) is 0.269. The number of rotatable bonds is 9. The summed E-state index contributed by atoms with van der Waals surface area (Å²) in [6.07, 6.45) is 1.79. The quantitative estimate of drug-likeness (QED) is 0.470. The van der Waals surface area contributed by atoms with Crippen molar-refractivity contribution < 1.29 is 17.9 Å². The molecule has 0 aliphatic heterocycles. The molecule has 0 radical (unpaired) electrons. The Hall–Kier alpha value is -3.32. The number of benzene rings is 3. The summed E-state index contributed by atoms with van der Waals surface area (Å²) in [5.41, 5.74) is 2.51. The number of nitrogens with zero attached hydrogens (tertiary/aromatic N) is 1. The highest BCUT2D eigenvalue weighted by molar-refractivity contribution is 7.92. The van der Waals surface area contributed by atoms with Crippen molar-refractivity contribution in [1.82, 2.24) is 5.32 Å². The second-order valence-electron chi connectivity index (χ2n) is 8.02. The van der Waals surface area contributed by atoms with Crippen LogP contribution in [0.3, 0.4) is 0 Å². The maximum absolute atomic E-state index is 13.1. The number of sulfonamides is 1. The van der Waals surface area contributed by atoms with Crippen LogP contribution in [0, 0.1) is 6.92 Å². The van der Waals surface area contributed by atoms with E-state index in [-0.39, 0.29) is 11.9 Å². The molecule has 3 aromatic rings. The van der Waals surface area contributed by atoms with Crippen LogP contribution in [0.4, 0.5) is 5.69 Å². The van der Waals surface area contributed by atoms with Crippen molar-refractivity contribution in [3.8, 4) is 11.5 Å². The Balaban J connectivity index is 1.79. The molecule has 0 bridgehead atoms. The average Bonchev–Trinajstić information content (AvgIpc) is 2.79.